The zero-order valence-corrected chi connectivity index (χ0v) is 9.45. The number of carboxylic acid groups (broad SMARTS) is 1. The van der Waals surface area contributed by atoms with Crippen LogP contribution >= 0.6 is 0 Å². The predicted molar refractivity (Wildman–Crippen MR) is 60.7 cm³/mol. The number of rotatable bonds is 1. The molecule has 0 atom stereocenters. The number of hydrogen-bond donors (Lipinski definition) is 1. The molecule has 0 fully saturated rings. The SMILES string of the molecule is CC.CCC.O=C(O)c1ccccc1. The molecule has 1 N–H and O–H groups in total. The topological polar surface area (TPSA) is 37.3 Å². The van der Waals surface area contributed by atoms with Crippen molar-refractivity contribution in [3.05, 3.63) is 35.9 Å². The predicted octanol–water partition coefficient (Wildman–Crippen LogP) is 3.83. The second kappa shape index (κ2) is 11.7. The van der Waals surface area contributed by atoms with E-state index >= 15 is 0 Å². The average Bonchev–Trinajstić information content (AvgIpc) is 2.23. The Kier molecular flexibility index (Phi) is 12.7. The van der Waals surface area contributed by atoms with Crippen LogP contribution in [0.2, 0.25) is 0 Å². The van der Waals surface area contributed by atoms with Crippen molar-refractivity contribution in [2.75, 3.05) is 0 Å². The van der Waals surface area contributed by atoms with Gasteiger partial charge in [-0.05, 0) is 12.1 Å². The molecule has 14 heavy (non-hydrogen) atoms. The van der Waals surface area contributed by atoms with Crippen LogP contribution in [-0.4, -0.2) is 11.1 Å². The Bertz CT molecular complexity index is 217. The molecule has 0 saturated carbocycles. The Morgan fingerprint density at radius 3 is 1.71 bits per heavy atom. The van der Waals surface area contributed by atoms with Crippen LogP contribution in [0.5, 0.6) is 0 Å². The molecule has 0 radical (unpaired) electrons. The summed E-state index contributed by atoms with van der Waals surface area (Å²) < 4.78 is 0. The summed E-state index contributed by atoms with van der Waals surface area (Å²) in [6.45, 7) is 8.25. The van der Waals surface area contributed by atoms with Gasteiger partial charge in [-0.2, -0.15) is 0 Å². The van der Waals surface area contributed by atoms with Crippen LogP contribution in [0.1, 0.15) is 44.5 Å². The van der Waals surface area contributed by atoms with E-state index in [2.05, 4.69) is 13.8 Å². The molecule has 0 aliphatic carbocycles. The van der Waals surface area contributed by atoms with Gasteiger partial charge in [0.05, 0.1) is 5.56 Å². The maximum absolute atomic E-state index is 10.2. The summed E-state index contributed by atoms with van der Waals surface area (Å²) in [5.41, 5.74) is 0.331. The molecule has 2 heteroatoms. The third-order valence-corrected chi connectivity index (χ3v) is 1.02. The summed E-state index contributed by atoms with van der Waals surface area (Å²) in [5, 5.41) is 8.38. The first-order valence-corrected chi connectivity index (χ1v) is 5.00. The van der Waals surface area contributed by atoms with Gasteiger partial charge in [0.2, 0.25) is 0 Å². The van der Waals surface area contributed by atoms with Gasteiger partial charge >= 0.3 is 5.97 Å². The van der Waals surface area contributed by atoms with Gasteiger partial charge in [-0.3, -0.25) is 0 Å². The molecular formula is C12H20O2. The van der Waals surface area contributed by atoms with Crippen molar-refractivity contribution in [3.8, 4) is 0 Å². The third-order valence-electron chi connectivity index (χ3n) is 1.02. The number of carbonyl (C=O) groups is 1. The van der Waals surface area contributed by atoms with E-state index in [1.807, 2.05) is 13.8 Å². The van der Waals surface area contributed by atoms with E-state index in [1.165, 1.54) is 6.42 Å². The van der Waals surface area contributed by atoms with Crippen LogP contribution in [0.15, 0.2) is 30.3 Å². The zero-order chi connectivity index (χ0) is 11.4. The van der Waals surface area contributed by atoms with Crippen LogP contribution < -0.4 is 0 Å². The highest BCUT2D eigenvalue weighted by molar-refractivity contribution is 5.87. The van der Waals surface area contributed by atoms with Crippen LogP contribution in [0.25, 0.3) is 0 Å². The van der Waals surface area contributed by atoms with Gasteiger partial charge in [-0.25, -0.2) is 4.79 Å². The number of carboxylic acids is 1. The fourth-order valence-electron chi connectivity index (χ4n) is 0.581. The Labute approximate surface area is 86.6 Å². The molecule has 80 valence electrons. The summed E-state index contributed by atoms with van der Waals surface area (Å²) >= 11 is 0. The van der Waals surface area contributed by atoms with Crippen molar-refractivity contribution in [3.63, 3.8) is 0 Å². The molecule has 1 aromatic carbocycles. The van der Waals surface area contributed by atoms with Gasteiger partial charge in [0.25, 0.3) is 0 Å². The minimum Gasteiger partial charge on any atom is -0.478 e. The molecule has 0 saturated heterocycles. The van der Waals surface area contributed by atoms with Gasteiger partial charge in [0.15, 0.2) is 0 Å². The van der Waals surface area contributed by atoms with Crippen LogP contribution in [0.4, 0.5) is 0 Å². The van der Waals surface area contributed by atoms with Gasteiger partial charge < -0.3 is 5.11 Å². The Morgan fingerprint density at radius 2 is 1.50 bits per heavy atom. The van der Waals surface area contributed by atoms with Gasteiger partial charge in [-0.1, -0.05) is 52.3 Å². The van der Waals surface area contributed by atoms with Gasteiger partial charge in [0.1, 0.15) is 0 Å². The van der Waals surface area contributed by atoms with Gasteiger partial charge in [-0.15, -0.1) is 0 Å². The number of hydrogen-bond acceptors (Lipinski definition) is 1. The highest BCUT2D eigenvalue weighted by Crippen LogP contribution is 1.96. The van der Waals surface area contributed by atoms with Gasteiger partial charge in [0, 0.05) is 0 Å². The molecule has 0 aliphatic heterocycles. The first-order valence-electron chi connectivity index (χ1n) is 5.00. The second-order valence-electron chi connectivity index (χ2n) is 2.38. The summed E-state index contributed by atoms with van der Waals surface area (Å²) in [7, 11) is 0. The minimum absolute atomic E-state index is 0.331. The monoisotopic (exact) mass is 196 g/mol. The molecule has 0 spiro atoms. The Hall–Kier alpha value is -1.31. The summed E-state index contributed by atoms with van der Waals surface area (Å²) in [6.07, 6.45) is 1.25. The fraction of sp³-hybridized carbons (Fsp3) is 0.417. The molecule has 0 aromatic heterocycles. The lowest BCUT2D eigenvalue weighted by Crippen LogP contribution is -1.93. The molecule has 0 heterocycles. The average molecular weight is 196 g/mol. The van der Waals surface area contributed by atoms with Crippen LogP contribution in [-0.2, 0) is 0 Å². The second-order valence-corrected chi connectivity index (χ2v) is 2.38. The fourth-order valence-corrected chi connectivity index (χ4v) is 0.581. The van der Waals surface area contributed by atoms with Crippen molar-refractivity contribution in [1.29, 1.82) is 0 Å². The van der Waals surface area contributed by atoms with E-state index in [-0.39, 0.29) is 0 Å². The molecule has 1 aromatic rings. The van der Waals surface area contributed by atoms with E-state index < -0.39 is 5.97 Å². The smallest absolute Gasteiger partial charge is 0.335 e. The number of benzene rings is 1. The quantitative estimate of drug-likeness (QED) is 0.741. The number of aromatic carboxylic acids is 1. The lowest BCUT2D eigenvalue weighted by Gasteiger charge is -1.88. The van der Waals surface area contributed by atoms with Crippen molar-refractivity contribution >= 4 is 5.97 Å². The highest BCUT2D eigenvalue weighted by Gasteiger charge is 1.96. The molecule has 0 aliphatic rings. The van der Waals surface area contributed by atoms with Crippen molar-refractivity contribution < 1.29 is 9.90 Å². The minimum atomic E-state index is -0.879. The molecule has 1 rings (SSSR count). The van der Waals surface area contributed by atoms with Crippen LogP contribution in [0, 0.1) is 0 Å². The molecular weight excluding hydrogens is 176 g/mol. The first-order chi connectivity index (χ1) is 6.72. The maximum Gasteiger partial charge on any atom is 0.335 e. The standard InChI is InChI=1S/C7H6O2.C3H8.C2H6/c8-7(9)6-4-2-1-3-5-6;1-3-2;1-2/h1-5H,(H,8,9);3H2,1-2H3;1-2H3. The van der Waals surface area contributed by atoms with E-state index in [4.69, 9.17) is 5.11 Å². The molecule has 0 unspecified atom stereocenters. The first kappa shape index (κ1) is 15.2. The molecule has 0 bridgehead atoms. The molecule has 0 amide bonds. The summed E-state index contributed by atoms with van der Waals surface area (Å²) in [4.78, 5) is 10.2. The van der Waals surface area contributed by atoms with Crippen molar-refractivity contribution in [2.45, 2.75) is 34.1 Å². The van der Waals surface area contributed by atoms with E-state index in [1.54, 1.807) is 30.3 Å². The normalized spacial score (nSPS) is 7.43. The molecule has 2 nitrogen and oxygen atoms in total. The summed E-state index contributed by atoms with van der Waals surface area (Å²) in [5.74, 6) is -0.879. The zero-order valence-electron chi connectivity index (χ0n) is 9.45. The maximum atomic E-state index is 10.2. The van der Waals surface area contributed by atoms with E-state index in [0.717, 1.165) is 0 Å². The van der Waals surface area contributed by atoms with Crippen LogP contribution in [0.3, 0.4) is 0 Å². The highest BCUT2D eigenvalue weighted by atomic mass is 16.4. The Morgan fingerprint density at radius 1 is 1.14 bits per heavy atom. The lowest BCUT2D eigenvalue weighted by atomic mass is 10.2. The summed E-state index contributed by atoms with van der Waals surface area (Å²) in [6, 6.07) is 8.30. The van der Waals surface area contributed by atoms with Crippen molar-refractivity contribution in [1.82, 2.24) is 0 Å². The van der Waals surface area contributed by atoms with E-state index in [0.29, 0.717) is 5.56 Å². The third kappa shape index (κ3) is 8.78. The largest absolute Gasteiger partial charge is 0.478 e. The Balaban J connectivity index is 0. The van der Waals surface area contributed by atoms with Crippen molar-refractivity contribution in [2.24, 2.45) is 0 Å². The van der Waals surface area contributed by atoms with E-state index in [9.17, 15) is 4.79 Å². The lowest BCUT2D eigenvalue weighted by molar-refractivity contribution is 0.0697.